The predicted molar refractivity (Wildman–Crippen MR) is 63.9 cm³/mol. The molecule has 0 heterocycles. The first-order chi connectivity index (χ1) is 5.85. The van der Waals surface area contributed by atoms with Gasteiger partial charge in [-0.1, -0.05) is 27.2 Å². The summed E-state index contributed by atoms with van der Waals surface area (Å²) in [7, 11) is 0. The van der Waals surface area contributed by atoms with Crippen molar-refractivity contribution >= 4 is 23.5 Å². The second-order valence-corrected chi connectivity index (χ2v) is 5.11. The molecule has 0 fully saturated rings. The Labute approximate surface area is 85.6 Å². The van der Waals surface area contributed by atoms with Crippen molar-refractivity contribution < 1.29 is 0 Å². The predicted octanol–water partition coefficient (Wildman–Crippen LogP) is 4.52. The number of rotatable bonds is 7. The molecule has 0 bridgehead atoms. The minimum atomic E-state index is 1.19. The molecule has 0 saturated heterocycles. The summed E-state index contributed by atoms with van der Waals surface area (Å²) in [5.41, 5.74) is 0. The van der Waals surface area contributed by atoms with Gasteiger partial charge in [-0.2, -0.15) is 0 Å². The van der Waals surface area contributed by atoms with E-state index in [1.165, 1.54) is 30.8 Å². The molecule has 0 saturated carbocycles. The Morgan fingerprint density at radius 1 is 1.17 bits per heavy atom. The Kier molecular flexibility index (Phi) is 9.88. The monoisotopic (exact) mass is 204 g/mol. The Bertz CT molecular complexity index is 119. The lowest BCUT2D eigenvalue weighted by molar-refractivity contribution is 0.809. The first-order valence-corrected chi connectivity index (χ1v) is 6.82. The van der Waals surface area contributed by atoms with Crippen molar-refractivity contribution in [2.24, 2.45) is 0 Å². The third-order valence-corrected chi connectivity index (χ3v) is 3.40. The smallest absolute Gasteiger partial charge is 0.00515 e. The molecular formula is C10H20S2. The van der Waals surface area contributed by atoms with Gasteiger partial charge in [-0.15, -0.1) is 23.5 Å². The highest BCUT2D eigenvalue weighted by molar-refractivity contribution is 8.06. The average molecular weight is 204 g/mol. The lowest BCUT2D eigenvalue weighted by atomic mass is 10.2. The molecule has 0 amide bonds. The normalized spacial score (nSPS) is 12.1. The molecule has 0 rings (SSSR count). The van der Waals surface area contributed by atoms with Crippen LogP contribution in [0, 0.1) is 0 Å². The van der Waals surface area contributed by atoms with Crippen molar-refractivity contribution in [1.82, 2.24) is 0 Å². The molecule has 0 radical (unpaired) electrons. The zero-order chi connectivity index (χ0) is 9.23. The Morgan fingerprint density at radius 3 is 2.42 bits per heavy atom. The molecule has 0 atom stereocenters. The maximum absolute atomic E-state index is 2.34. The van der Waals surface area contributed by atoms with Crippen LogP contribution in [0.2, 0.25) is 0 Å². The van der Waals surface area contributed by atoms with E-state index in [9.17, 15) is 0 Å². The van der Waals surface area contributed by atoms with Crippen LogP contribution in [-0.2, 0) is 0 Å². The van der Waals surface area contributed by atoms with E-state index in [2.05, 4.69) is 26.2 Å². The summed E-state index contributed by atoms with van der Waals surface area (Å²) >= 11 is 3.92. The zero-order valence-corrected chi connectivity index (χ0v) is 10.1. The summed E-state index contributed by atoms with van der Waals surface area (Å²) in [4.78, 5) is 1.58. The van der Waals surface area contributed by atoms with Crippen LogP contribution in [0.25, 0.3) is 0 Å². The van der Waals surface area contributed by atoms with E-state index in [0.29, 0.717) is 0 Å². The number of hydrogen-bond donors (Lipinski definition) is 0. The standard InChI is InChI=1S/C10H20S2/c1-4-7-8-10(12-6-3)9-11-5-2/h9H,4-8H2,1-3H3. The molecule has 0 aliphatic rings. The lowest BCUT2D eigenvalue weighted by Crippen LogP contribution is -1.79. The molecule has 72 valence electrons. The molecule has 0 unspecified atom stereocenters. The molecule has 12 heavy (non-hydrogen) atoms. The van der Waals surface area contributed by atoms with Crippen molar-refractivity contribution in [2.45, 2.75) is 40.0 Å². The van der Waals surface area contributed by atoms with Crippen molar-refractivity contribution in [3.8, 4) is 0 Å². The molecular weight excluding hydrogens is 184 g/mol. The van der Waals surface area contributed by atoms with E-state index in [-0.39, 0.29) is 0 Å². The molecule has 2 heteroatoms. The van der Waals surface area contributed by atoms with Crippen LogP contribution in [0.3, 0.4) is 0 Å². The van der Waals surface area contributed by atoms with Gasteiger partial charge in [0.05, 0.1) is 0 Å². The zero-order valence-electron chi connectivity index (χ0n) is 8.43. The summed E-state index contributed by atoms with van der Waals surface area (Å²) in [6.45, 7) is 6.68. The Hall–Kier alpha value is 0.440. The van der Waals surface area contributed by atoms with E-state index in [1.54, 1.807) is 4.91 Å². The van der Waals surface area contributed by atoms with Gasteiger partial charge in [-0.05, 0) is 34.7 Å². The topological polar surface area (TPSA) is 0 Å². The molecule has 0 aliphatic heterocycles. The number of allylic oxidation sites excluding steroid dienone is 1. The fourth-order valence-electron chi connectivity index (χ4n) is 0.878. The second kappa shape index (κ2) is 9.53. The SMILES string of the molecule is CCCCC(=CSCC)SCC. The molecule has 0 spiro atoms. The van der Waals surface area contributed by atoms with Crippen LogP contribution in [-0.4, -0.2) is 11.5 Å². The summed E-state index contributed by atoms with van der Waals surface area (Å²) in [5, 5.41) is 2.34. The maximum Gasteiger partial charge on any atom is -0.00515 e. The van der Waals surface area contributed by atoms with Crippen molar-refractivity contribution in [3.05, 3.63) is 10.3 Å². The van der Waals surface area contributed by atoms with E-state index >= 15 is 0 Å². The third kappa shape index (κ3) is 7.11. The van der Waals surface area contributed by atoms with Gasteiger partial charge in [-0.25, -0.2) is 0 Å². The van der Waals surface area contributed by atoms with Crippen LogP contribution in [0.1, 0.15) is 40.0 Å². The fraction of sp³-hybridized carbons (Fsp3) is 0.800. The van der Waals surface area contributed by atoms with Gasteiger partial charge in [0, 0.05) is 0 Å². The minimum absolute atomic E-state index is 1.19. The Balaban J connectivity index is 3.68. The first kappa shape index (κ1) is 12.4. The van der Waals surface area contributed by atoms with E-state index < -0.39 is 0 Å². The number of thioether (sulfide) groups is 2. The van der Waals surface area contributed by atoms with Gasteiger partial charge in [0.2, 0.25) is 0 Å². The quantitative estimate of drug-likeness (QED) is 0.598. The third-order valence-electron chi connectivity index (χ3n) is 1.49. The summed E-state index contributed by atoms with van der Waals surface area (Å²) in [6, 6.07) is 0. The highest BCUT2D eigenvalue weighted by Gasteiger charge is 1.95. The number of unbranched alkanes of at least 4 members (excludes halogenated alkanes) is 1. The van der Waals surface area contributed by atoms with E-state index in [0.717, 1.165) is 0 Å². The minimum Gasteiger partial charge on any atom is -0.134 e. The summed E-state index contributed by atoms with van der Waals surface area (Å²) in [6.07, 6.45) is 3.92. The molecule has 0 nitrogen and oxygen atoms in total. The van der Waals surface area contributed by atoms with Gasteiger partial charge >= 0.3 is 0 Å². The molecule has 0 aromatic carbocycles. The molecule has 0 aromatic heterocycles. The molecule has 0 N–H and O–H groups in total. The van der Waals surface area contributed by atoms with E-state index in [4.69, 9.17) is 0 Å². The van der Waals surface area contributed by atoms with Crippen molar-refractivity contribution in [1.29, 1.82) is 0 Å². The number of hydrogen-bond acceptors (Lipinski definition) is 2. The molecule has 0 aromatic rings. The van der Waals surface area contributed by atoms with Gasteiger partial charge in [-0.3, -0.25) is 0 Å². The first-order valence-electron chi connectivity index (χ1n) is 4.78. The highest BCUT2D eigenvalue weighted by Crippen LogP contribution is 2.24. The fourth-order valence-corrected chi connectivity index (χ4v) is 2.48. The van der Waals surface area contributed by atoms with Crippen LogP contribution in [0.4, 0.5) is 0 Å². The van der Waals surface area contributed by atoms with Gasteiger partial charge in [0.25, 0.3) is 0 Å². The van der Waals surface area contributed by atoms with Crippen LogP contribution in [0.15, 0.2) is 10.3 Å². The lowest BCUT2D eigenvalue weighted by Gasteiger charge is -2.03. The van der Waals surface area contributed by atoms with E-state index in [1.807, 2.05) is 23.5 Å². The highest BCUT2D eigenvalue weighted by atomic mass is 32.2. The van der Waals surface area contributed by atoms with Crippen LogP contribution < -0.4 is 0 Å². The van der Waals surface area contributed by atoms with Gasteiger partial charge < -0.3 is 0 Å². The summed E-state index contributed by atoms with van der Waals surface area (Å²) in [5.74, 6) is 2.40. The Morgan fingerprint density at radius 2 is 1.92 bits per heavy atom. The second-order valence-electron chi connectivity index (χ2n) is 2.58. The summed E-state index contributed by atoms with van der Waals surface area (Å²) < 4.78 is 0. The van der Waals surface area contributed by atoms with Crippen molar-refractivity contribution in [3.63, 3.8) is 0 Å². The van der Waals surface area contributed by atoms with Crippen molar-refractivity contribution in [2.75, 3.05) is 11.5 Å². The maximum atomic E-state index is 2.34. The van der Waals surface area contributed by atoms with Gasteiger partial charge in [0.1, 0.15) is 0 Å². The molecule has 0 aliphatic carbocycles. The van der Waals surface area contributed by atoms with Gasteiger partial charge in [0.15, 0.2) is 0 Å². The largest absolute Gasteiger partial charge is 0.134 e. The van der Waals surface area contributed by atoms with Crippen LogP contribution >= 0.6 is 23.5 Å². The average Bonchev–Trinajstić information content (AvgIpc) is 2.10. The van der Waals surface area contributed by atoms with Crippen LogP contribution in [0.5, 0.6) is 0 Å².